The Morgan fingerprint density at radius 1 is 0.941 bits per heavy atom. The Morgan fingerprint density at radius 2 is 1.62 bits per heavy atom. The summed E-state index contributed by atoms with van der Waals surface area (Å²) in [6, 6.07) is 15.0. The van der Waals surface area contributed by atoms with Crippen molar-refractivity contribution in [3.8, 4) is 5.75 Å². The van der Waals surface area contributed by atoms with E-state index >= 15 is 0 Å². The third-order valence-electron chi connectivity index (χ3n) is 6.65. The summed E-state index contributed by atoms with van der Waals surface area (Å²) in [6.45, 7) is 1.83. The number of hydrogen-bond acceptors (Lipinski definition) is 5. The van der Waals surface area contributed by atoms with Crippen molar-refractivity contribution >= 4 is 23.2 Å². The van der Waals surface area contributed by atoms with Gasteiger partial charge >= 0.3 is 0 Å². The molecule has 0 bridgehead atoms. The number of dihydropyridines is 1. The number of rotatable bonds is 5. The molecule has 34 heavy (non-hydrogen) atoms. The van der Waals surface area contributed by atoms with Crippen molar-refractivity contribution in [2.24, 2.45) is 0 Å². The second-order valence-corrected chi connectivity index (χ2v) is 9.17. The highest BCUT2D eigenvalue weighted by molar-refractivity contribution is 6.06. The molecule has 0 saturated carbocycles. The minimum Gasteiger partial charge on any atom is -0.484 e. The van der Waals surface area contributed by atoms with Gasteiger partial charge in [-0.15, -0.1) is 0 Å². The largest absolute Gasteiger partial charge is 0.484 e. The maximum Gasteiger partial charge on any atom is 0.262 e. The second kappa shape index (κ2) is 9.29. The van der Waals surface area contributed by atoms with Crippen LogP contribution in [0.1, 0.15) is 55.6 Å². The van der Waals surface area contributed by atoms with Crippen molar-refractivity contribution in [1.29, 1.82) is 0 Å². The molecule has 1 heterocycles. The maximum absolute atomic E-state index is 13.0. The van der Waals surface area contributed by atoms with Gasteiger partial charge in [0.15, 0.2) is 18.2 Å². The molecule has 2 aliphatic carbocycles. The first-order chi connectivity index (χ1) is 16.5. The summed E-state index contributed by atoms with van der Waals surface area (Å²) in [7, 11) is 0. The zero-order chi connectivity index (χ0) is 23.7. The molecule has 0 fully saturated rings. The van der Waals surface area contributed by atoms with Gasteiger partial charge in [-0.3, -0.25) is 14.4 Å². The van der Waals surface area contributed by atoms with Crippen LogP contribution in [-0.2, 0) is 14.4 Å². The topological polar surface area (TPSA) is 84.5 Å². The molecule has 1 amide bonds. The standard InChI is InChI=1S/C28H28N2O4/c1-17-6-2-8-19(14-17)29-25(33)16-34-20-9-3-7-18(15-20)26-27-21(10-4-12-23(27)31)30-22-11-5-13-24(32)28(22)26/h2-3,6-9,14-15,26,30H,4-5,10-13,16H2,1H3,(H,29,33). The van der Waals surface area contributed by atoms with Crippen LogP contribution in [0.15, 0.2) is 71.1 Å². The van der Waals surface area contributed by atoms with Crippen LogP contribution in [0.25, 0.3) is 0 Å². The van der Waals surface area contributed by atoms with Gasteiger partial charge < -0.3 is 15.4 Å². The van der Waals surface area contributed by atoms with E-state index in [0.29, 0.717) is 18.6 Å². The monoisotopic (exact) mass is 456 g/mol. The van der Waals surface area contributed by atoms with Crippen LogP contribution in [0.4, 0.5) is 5.69 Å². The first kappa shape index (κ1) is 22.1. The van der Waals surface area contributed by atoms with Crippen molar-refractivity contribution in [3.05, 3.63) is 82.2 Å². The van der Waals surface area contributed by atoms with Crippen molar-refractivity contribution in [1.82, 2.24) is 5.32 Å². The predicted molar refractivity (Wildman–Crippen MR) is 129 cm³/mol. The van der Waals surface area contributed by atoms with Gasteiger partial charge in [0, 0.05) is 47.0 Å². The molecule has 6 nitrogen and oxygen atoms in total. The Labute approximate surface area is 199 Å². The number of hydrogen-bond donors (Lipinski definition) is 2. The lowest BCUT2D eigenvalue weighted by atomic mass is 9.71. The molecule has 2 N–H and O–H groups in total. The Bertz CT molecular complexity index is 1200. The second-order valence-electron chi connectivity index (χ2n) is 9.17. The minimum atomic E-state index is -0.378. The number of ketones is 2. The summed E-state index contributed by atoms with van der Waals surface area (Å²) in [5.74, 6) is 0.112. The SMILES string of the molecule is Cc1cccc(NC(=O)COc2cccc(C3C4=C(CCCC4=O)NC4=C3C(=O)CCC4)c2)c1. The maximum atomic E-state index is 13.0. The summed E-state index contributed by atoms with van der Waals surface area (Å²) >= 11 is 0. The molecule has 5 rings (SSSR count). The summed E-state index contributed by atoms with van der Waals surface area (Å²) in [4.78, 5) is 38.3. The molecule has 6 heteroatoms. The van der Waals surface area contributed by atoms with Crippen LogP contribution in [0, 0.1) is 6.92 Å². The third kappa shape index (κ3) is 4.40. The molecule has 0 radical (unpaired) electrons. The zero-order valence-corrected chi connectivity index (χ0v) is 19.3. The van der Waals surface area contributed by atoms with Gasteiger partial charge in [0.1, 0.15) is 5.75 Å². The van der Waals surface area contributed by atoms with Crippen molar-refractivity contribution in [2.75, 3.05) is 11.9 Å². The van der Waals surface area contributed by atoms with Gasteiger partial charge in [-0.1, -0.05) is 24.3 Å². The van der Waals surface area contributed by atoms with Crippen molar-refractivity contribution in [2.45, 2.75) is 51.4 Å². The predicted octanol–water partition coefficient (Wildman–Crippen LogP) is 4.71. The number of ether oxygens (including phenoxy) is 1. The molecular formula is C28H28N2O4. The lowest BCUT2D eigenvalue weighted by Gasteiger charge is -2.37. The molecule has 2 aromatic carbocycles. The fourth-order valence-electron chi connectivity index (χ4n) is 5.17. The number of nitrogens with one attached hydrogen (secondary N) is 2. The summed E-state index contributed by atoms with van der Waals surface area (Å²) in [5, 5.41) is 6.27. The van der Waals surface area contributed by atoms with Crippen molar-refractivity contribution in [3.63, 3.8) is 0 Å². The first-order valence-corrected chi connectivity index (χ1v) is 11.9. The number of amides is 1. The van der Waals surface area contributed by atoms with Crippen LogP contribution in [-0.4, -0.2) is 24.1 Å². The van der Waals surface area contributed by atoms with Crippen LogP contribution in [0.3, 0.4) is 0 Å². The molecule has 0 unspecified atom stereocenters. The molecule has 0 saturated heterocycles. The molecule has 1 aliphatic heterocycles. The minimum absolute atomic E-state index is 0.104. The van der Waals surface area contributed by atoms with Crippen LogP contribution >= 0.6 is 0 Å². The Balaban J connectivity index is 1.39. The van der Waals surface area contributed by atoms with Gasteiger partial charge in [0.2, 0.25) is 0 Å². The Hall–Kier alpha value is -3.67. The number of benzene rings is 2. The summed E-state index contributed by atoms with van der Waals surface area (Å²) < 4.78 is 5.80. The van der Waals surface area contributed by atoms with E-state index in [-0.39, 0.29) is 30.0 Å². The van der Waals surface area contributed by atoms with Gasteiger partial charge in [0.05, 0.1) is 0 Å². The molecule has 0 atom stereocenters. The lowest BCUT2D eigenvalue weighted by Crippen LogP contribution is -2.36. The first-order valence-electron chi connectivity index (χ1n) is 11.9. The molecular weight excluding hydrogens is 428 g/mol. The molecule has 2 aromatic rings. The van der Waals surface area contributed by atoms with Crippen LogP contribution < -0.4 is 15.4 Å². The van der Waals surface area contributed by atoms with Crippen LogP contribution in [0.2, 0.25) is 0 Å². The lowest BCUT2D eigenvalue weighted by molar-refractivity contribution is -0.118. The van der Waals surface area contributed by atoms with Gasteiger partial charge in [0.25, 0.3) is 5.91 Å². The molecule has 3 aliphatic rings. The number of aryl methyl sites for hydroxylation is 1. The van der Waals surface area contributed by atoms with E-state index in [1.807, 2.05) is 49.4 Å². The number of carbonyl (C=O) groups excluding carboxylic acids is 3. The number of carbonyl (C=O) groups is 3. The fourth-order valence-corrected chi connectivity index (χ4v) is 5.17. The van der Waals surface area contributed by atoms with E-state index in [1.165, 1.54) is 0 Å². The van der Waals surface area contributed by atoms with E-state index in [0.717, 1.165) is 65.0 Å². The highest BCUT2D eigenvalue weighted by Gasteiger charge is 2.40. The zero-order valence-electron chi connectivity index (χ0n) is 19.3. The van der Waals surface area contributed by atoms with Gasteiger partial charge in [-0.2, -0.15) is 0 Å². The third-order valence-corrected chi connectivity index (χ3v) is 6.65. The Kier molecular flexibility index (Phi) is 6.05. The quantitative estimate of drug-likeness (QED) is 0.681. The van der Waals surface area contributed by atoms with Crippen LogP contribution in [0.5, 0.6) is 5.75 Å². The normalized spacial score (nSPS) is 18.3. The number of Topliss-reactive ketones (excluding diaryl/α,β-unsaturated/α-hetero) is 2. The highest BCUT2D eigenvalue weighted by Crippen LogP contribution is 2.45. The molecule has 174 valence electrons. The average Bonchev–Trinajstić information content (AvgIpc) is 2.82. The number of anilines is 1. The smallest absolute Gasteiger partial charge is 0.262 e. The highest BCUT2D eigenvalue weighted by atomic mass is 16.5. The van der Waals surface area contributed by atoms with E-state index in [4.69, 9.17) is 4.74 Å². The van der Waals surface area contributed by atoms with Crippen molar-refractivity contribution < 1.29 is 19.1 Å². The number of allylic oxidation sites excluding steroid dienone is 4. The Morgan fingerprint density at radius 3 is 2.29 bits per heavy atom. The van der Waals surface area contributed by atoms with E-state index in [2.05, 4.69) is 10.6 Å². The summed E-state index contributed by atoms with van der Waals surface area (Å²) in [5.41, 5.74) is 5.98. The van der Waals surface area contributed by atoms with Gasteiger partial charge in [-0.25, -0.2) is 0 Å². The molecule has 0 aromatic heterocycles. The van der Waals surface area contributed by atoms with E-state index in [9.17, 15) is 14.4 Å². The fraction of sp³-hybridized carbons (Fsp3) is 0.321. The summed E-state index contributed by atoms with van der Waals surface area (Å²) in [6.07, 6.45) is 4.29. The van der Waals surface area contributed by atoms with Gasteiger partial charge in [-0.05, 0) is 68.0 Å². The molecule has 0 spiro atoms. The van der Waals surface area contributed by atoms with E-state index in [1.54, 1.807) is 6.07 Å². The van der Waals surface area contributed by atoms with E-state index < -0.39 is 0 Å². The average molecular weight is 457 g/mol.